The van der Waals surface area contributed by atoms with Gasteiger partial charge >= 0.3 is 0 Å². The molecule has 1 aromatic heterocycles. The fourth-order valence-corrected chi connectivity index (χ4v) is 1.69. The van der Waals surface area contributed by atoms with Gasteiger partial charge in [-0.25, -0.2) is 0 Å². The summed E-state index contributed by atoms with van der Waals surface area (Å²) in [5, 5.41) is 13.2. The molecule has 14 heavy (non-hydrogen) atoms. The van der Waals surface area contributed by atoms with E-state index in [4.69, 9.17) is 10.8 Å². The van der Waals surface area contributed by atoms with Crippen molar-refractivity contribution in [2.24, 2.45) is 5.73 Å². The van der Waals surface area contributed by atoms with Gasteiger partial charge in [0.25, 0.3) is 0 Å². The van der Waals surface area contributed by atoms with Crippen molar-refractivity contribution in [3.8, 4) is 0 Å². The zero-order valence-electron chi connectivity index (χ0n) is 8.95. The summed E-state index contributed by atoms with van der Waals surface area (Å²) in [5.74, 6) is 0. The molecule has 4 nitrogen and oxygen atoms in total. The van der Waals surface area contributed by atoms with Crippen LogP contribution in [0.2, 0.25) is 0 Å². The van der Waals surface area contributed by atoms with Crippen LogP contribution in [-0.2, 0) is 13.0 Å². The van der Waals surface area contributed by atoms with Crippen molar-refractivity contribution in [3.63, 3.8) is 0 Å². The average Bonchev–Trinajstić information content (AvgIpc) is 2.41. The van der Waals surface area contributed by atoms with Crippen LogP contribution in [0.15, 0.2) is 0 Å². The Labute approximate surface area is 84.7 Å². The zero-order valence-corrected chi connectivity index (χ0v) is 8.95. The summed E-state index contributed by atoms with van der Waals surface area (Å²) in [5.41, 5.74) is 8.97. The van der Waals surface area contributed by atoms with Crippen LogP contribution < -0.4 is 5.73 Å². The lowest BCUT2D eigenvalue weighted by Gasteiger charge is -2.02. The standard InChI is InChI=1S/C10H19N3O/c1-8-10(4-3-5-11)9(2)13(12-8)6-7-14/h14H,3-7,11H2,1-2H3. The number of nitrogens with zero attached hydrogens (tertiary/aromatic N) is 2. The van der Waals surface area contributed by atoms with Crippen LogP contribution in [0.25, 0.3) is 0 Å². The number of aryl methyl sites for hydroxylation is 1. The Kier molecular flexibility index (Phi) is 4.10. The number of hydrogen-bond donors (Lipinski definition) is 2. The maximum atomic E-state index is 8.84. The van der Waals surface area contributed by atoms with E-state index >= 15 is 0 Å². The Morgan fingerprint density at radius 2 is 2.14 bits per heavy atom. The minimum Gasteiger partial charge on any atom is -0.394 e. The largest absolute Gasteiger partial charge is 0.394 e. The van der Waals surface area contributed by atoms with Crippen molar-refractivity contribution in [1.29, 1.82) is 0 Å². The lowest BCUT2D eigenvalue weighted by molar-refractivity contribution is 0.268. The smallest absolute Gasteiger partial charge is 0.0644 e. The van der Waals surface area contributed by atoms with E-state index in [1.165, 1.54) is 5.56 Å². The maximum absolute atomic E-state index is 8.84. The van der Waals surface area contributed by atoms with Crippen molar-refractivity contribution < 1.29 is 5.11 Å². The SMILES string of the molecule is Cc1nn(CCO)c(C)c1CCCN. The number of aliphatic hydroxyl groups excluding tert-OH is 1. The summed E-state index contributed by atoms with van der Waals surface area (Å²) in [4.78, 5) is 0. The maximum Gasteiger partial charge on any atom is 0.0644 e. The Morgan fingerprint density at radius 1 is 1.43 bits per heavy atom. The van der Waals surface area contributed by atoms with Crippen LogP contribution in [0.4, 0.5) is 0 Å². The molecule has 0 fully saturated rings. The molecule has 0 unspecified atom stereocenters. The Morgan fingerprint density at radius 3 is 2.71 bits per heavy atom. The summed E-state index contributed by atoms with van der Waals surface area (Å²) in [6.45, 7) is 5.48. The molecule has 0 aliphatic carbocycles. The summed E-state index contributed by atoms with van der Waals surface area (Å²) in [6.07, 6.45) is 1.98. The van der Waals surface area contributed by atoms with Gasteiger partial charge in [0.2, 0.25) is 0 Å². The third-order valence-corrected chi connectivity index (χ3v) is 2.47. The molecular weight excluding hydrogens is 178 g/mol. The molecule has 0 saturated carbocycles. The third kappa shape index (κ3) is 2.33. The fraction of sp³-hybridized carbons (Fsp3) is 0.700. The van der Waals surface area contributed by atoms with E-state index in [1.54, 1.807) is 0 Å². The minimum absolute atomic E-state index is 0.137. The molecule has 0 aliphatic heterocycles. The Balaban J connectivity index is 2.81. The van der Waals surface area contributed by atoms with Gasteiger partial charge in [0.15, 0.2) is 0 Å². The Bertz CT molecular complexity index is 294. The minimum atomic E-state index is 0.137. The monoisotopic (exact) mass is 197 g/mol. The Hall–Kier alpha value is -0.870. The molecule has 80 valence electrons. The van der Waals surface area contributed by atoms with Crippen molar-refractivity contribution in [2.45, 2.75) is 33.2 Å². The van der Waals surface area contributed by atoms with E-state index in [-0.39, 0.29) is 6.61 Å². The molecule has 1 heterocycles. The highest BCUT2D eigenvalue weighted by atomic mass is 16.3. The van der Waals surface area contributed by atoms with Crippen LogP contribution in [0.3, 0.4) is 0 Å². The van der Waals surface area contributed by atoms with Gasteiger partial charge < -0.3 is 10.8 Å². The second kappa shape index (κ2) is 5.12. The van der Waals surface area contributed by atoms with Gasteiger partial charge in [0.1, 0.15) is 0 Å². The average molecular weight is 197 g/mol. The lowest BCUT2D eigenvalue weighted by atomic mass is 10.1. The van der Waals surface area contributed by atoms with Gasteiger partial charge in [-0.05, 0) is 38.8 Å². The van der Waals surface area contributed by atoms with Crippen molar-refractivity contribution in [2.75, 3.05) is 13.2 Å². The van der Waals surface area contributed by atoms with Gasteiger partial charge in [-0.2, -0.15) is 5.10 Å². The molecule has 0 amide bonds. The number of hydrogen-bond acceptors (Lipinski definition) is 3. The molecule has 0 bridgehead atoms. The molecule has 1 aromatic rings. The van der Waals surface area contributed by atoms with Gasteiger partial charge in [-0.3, -0.25) is 4.68 Å². The second-order valence-electron chi connectivity index (χ2n) is 3.49. The molecule has 1 rings (SSSR count). The van der Waals surface area contributed by atoms with E-state index in [1.807, 2.05) is 18.5 Å². The van der Waals surface area contributed by atoms with Crippen molar-refractivity contribution in [3.05, 3.63) is 17.0 Å². The summed E-state index contributed by atoms with van der Waals surface area (Å²) in [7, 11) is 0. The number of rotatable bonds is 5. The van der Waals surface area contributed by atoms with E-state index in [0.29, 0.717) is 13.1 Å². The molecule has 0 aromatic carbocycles. The first-order valence-corrected chi connectivity index (χ1v) is 5.04. The zero-order chi connectivity index (χ0) is 10.6. The summed E-state index contributed by atoms with van der Waals surface area (Å²) >= 11 is 0. The van der Waals surface area contributed by atoms with Crippen LogP contribution >= 0.6 is 0 Å². The topological polar surface area (TPSA) is 64.1 Å². The van der Waals surface area contributed by atoms with Crippen LogP contribution in [0.5, 0.6) is 0 Å². The highest BCUT2D eigenvalue weighted by Gasteiger charge is 2.09. The molecule has 0 radical (unpaired) electrons. The molecule has 0 saturated heterocycles. The second-order valence-corrected chi connectivity index (χ2v) is 3.49. The van der Waals surface area contributed by atoms with Crippen molar-refractivity contribution in [1.82, 2.24) is 9.78 Å². The number of aromatic nitrogens is 2. The fourth-order valence-electron chi connectivity index (χ4n) is 1.69. The van der Waals surface area contributed by atoms with Gasteiger partial charge in [-0.15, -0.1) is 0 Å². The van der Waals surface area contributed by atoms with Gasteiger partial charge in [-0.1, -0.05) is 0 Å². The highest BCUT2D eigenvalue weighted by Crippen LogP contribution is 2.14. The van der Waals surface area contributed by atoms with Gasteiger partial charge in [0.05, 0.1) is 18.8 Å². The van der Waals surface area contributed by atoms with Crippen LogP contribution in [0.1, 0.15) is 23.4 Å². The third-order valence-electron chi connectivity index (χ3n) is 2.47. The first-order chi connectivity index (χ1) is 6.70. The van der Waals surface area contributed by atoms with E-state index in [9.17, 15) is 0 Å². The molecule has 3 N–H and O–H groups in total. The van der Waals surface area contributed by atoms with Crippen LogP contribution in [-0.4, -0.2) is 28.0 Å². The summed E-state index contributed by atoms with van der Waals surface area (Å²) < 4.78 is 1.86. The predicted molar refractivity (Wildman–Crippen MR) is 56.2 cm³/mol. The van der Waals surface area contributed by atoms with E-state index in [2.05, 4.69) is 5.10 Å². The number of nitrogens with two attached hydrogens (primary N) is 1. The van der Waals surface area contributed by atoms with Gasteiger partial charge in [0, 0.05) is 5.69 Å². The van der Waals surface area contributed by atoms with Crippen molar-refractivity contribution >= 4 is 0 Å². The first-order valence-electron chi connectivity index (χ1n) is 5.04. The highest BCUT2D eigenvalue weighted by molar-refractivity contribution is 5.24. The molecule has 0 atom stereocenters. The van der Waals surface area contributed by atoms with Crippen LogP contribution in [0, 0.1) is 13.8 Å². The number of aliphatic hydroxyl groups is 1. The first kappa shape index (κ1) is 11.2. The summed E-state index contributed by atoms with van der Waals surface area (Å²) in [6, 6.07) is 0. The molecule has 0 aliphatic rings. The molecular formula is C10H19N3O. The molecule has 0 spiro atoms. The normalized spacial score (nSPS) is 10.9. The predicted octanol–water partition coefficient (Wildman–Crippen LogP) is 0.384. The van der Waals surface area contributed by atoms with E-state index < -0.39 is 0 Å². The lowest BCUT2D eigenvalue weighted by Crippen LogP contribution is -2.06. The van der Waals surface area contributed by atoms with E-state index in [0.717, 1.165) is 24.2 Å². The molecule has 4 heteroatoms. The quantitative estimate of drug-likeness (QED) is 0.717.